The first-order chi connectivity index (χ1) is 14.1. The van der Waals surface area contributed by atoms with Gasteiger partial charge in [0.15, 0.2) is 0 Å². The van der Waals surface area contributed by atoms with Crippen LogP contribution in [-0.2, 0) is 9.53 Å². The highest BCUT2D eigenvalue weighted by molar-refractivity contribution is 5.96. The molecule has 0 fully saturated rings. The van der Waals surface area contributed by atoms with Gasteiger partial charge in [-0.05, 0) is 43.2 Å². The molecule has 0 radical (unpaired) electrons. The highest BCUT2D eigenvalue weighted by Crippen LogP contribution is 2.17. The number of rotatable bonds is 12. The molecule has 3 N–H and O–H groups in total. The van der Waals surface area contributed by atoms with E-state index >= 15 is 0 Å². The average Bonchev–Trinajstić information content (AvgIpc) is 2.74. The fraction of sp³-hybridized carbons (Fsp3) is 0.364. The molecule has 0 heterocycles. The van der Waals surface area contributed by atoms with E-state index in [0.717, 1.165) is 18.6 Å². The summed E-state index contributed by atoms with van der Waals surface area (Å²) in [5, 5.41) is 8.72. The van der Waals surface area contributed by atoms with E-state index in [9.17, 15) is 9.59 Å². The summed E-state index contributed by atoms with van der Waals surface area (Å²) in [6, 6.07) is 14.3. The zero-order chi connectivity index (χ0) is 20.9. The number of ether oxygens (including phenoxy) is 2. The predicted molar refractivity (Wildman–Crippen MR) is 115 cm³/mol. The van der Waals surface area contributed by atoms with Crippen molar-refractivity contribution < 1.29 is 19.1 Å². The summed E-state index contributed by atoms with van der Waals surface area (Å²) in [6.07, 6.45) is 1.68. The fourth-order valence-corrected chi connectivity index (χ4v) is 2.56. The Morgan fingerprint density at radius 3 is 2.59 bits per heavy atom. The van der Waals surface area contributed by atoms with Crippen molar-refractivity contribution in [3.8, 4) is 5.75 Å². The van der Waals surface area contributed by atoms with Crippen LogP contribution in [0.15, 0.2) is 48.5 Å². The van der Waals surface area contributed by atoms with Crippen LogP contribution in [0.4, 0.5) is 11.4 Å². The fourth-order valence-electron chi connectivity index (χ4n) is 2.56. The minimum absolute atomic E-state index is 0.0823. The van der Waals surface area contributed by atoms with Crippen LogP contribution in [0.5, 0.6) is 5.75 Å². The van der Waals surface area contributed by atoms with Crippen LogP contribution >= 0.6 is 0 Å². The summed E-state index contributed by atoms with van der Waals surface area (Å²) in [5.41, 5.74) is 1.91. The first-order valence-electron chi connectivity index (χ1n) is 9.76. The molecule has 2 aromatic rings. The third kappa shape index (κ3) is 8.23. The molecule has 0 aliphatic heterocycles. The van der Waals surface area contributed by atoms with Gasteiger partial charge in [-0.3, -0.25) is 9.59 Å². The molecule has 0 aromatic heterocycles. The molecule has 0 aliphatic carbocycles. The first-order valence-corrected chi connectivity index (χ1v) is 9.76. The second kappa shape index (κ2) is 12.4. The smallest absolute Gasteiger partial charge is 0.251 e. The van der Waals surface area contributed by atoms with Crippen LogP contribution < -0.4 is 20.7 Å². The molecule has 0 spiro atoms. The molecule has 156 valence electrons. The number of hydrogen-bond acceptors (Lipinski definition) is 5. The summed E-state index contributed by atoms with van der Waals surface area (Å²) in [6.45, 7) is 3.91. The number of anilines is 2. The van der Waals surface area contributed by atoms with Crippen molar-refractivity contribution in [3.63, 3.8) is 0 Å². The predicted octanol–water partition coefficient (Wildman–Crippen LogP) is 3.29. The molecule has 2 rings (SSSR count). The van der Waals surface area contributed by atoms with Crippen LogP contribution in [0, 0.1) is 0 Å². The summed E-state index contributed by atoms with van der Waals surface area (Å²) in [5.74, 6) is 0.381. The Hall–Kier alpha value is -3.06. The molecule has 0 aliphatic rings. The quantitative estimate of drug-likeness (QED) is 0.477. The van der Waals surface area contributed by atoms with Gasteiger partial charge < -0.3 is 25.4 Å². The summed E-state index contributed by atoms with van der Waals surface area (Å²) >= 11 is 0. The molecule has 0 saturated heterocycles. The summed E-state index contributed by atoms with van der Waals surface area (Å²) in [4.78, 5) is 24.4. The van der Waals surface area contributed by atoms with Gasteiger partial charge in [0.2, 0.25) is 5.91 Å². The van der Waals surface area contributed by atoms with Gasteiger partial charge in [0, 0.05) is 43.3 Å². The monoisotopic (exact) mass is 399 g/mol. The second-order valence-corrected chi connectivity index (χ2v) is 6.46. The van der Waals surface area contributed by atoms with Gasteiger partial charge in [0.05, 0.1) is 13.2 Å². The Kier molecular flexibility index (Phi) is 9.51. The van der Waals surface area contributed by atoms with E-state index in [-0.39, 0.29) is 18.4 Å². The Morgan fingerprint density at radius 1 is 1.00 bits per heavy atom. The topological polar surface area (TPSA) is 88.7 Å². The normalized spacial score (nSPS) is 10.3. The summed E-state index contributed by atoms with van der Waals surface area (Å²) in [7, 11) is 1.63. The van der Waals surface area contributed by atoms with E-state index < -0.39 is 0 Å². The first kappa shape index (κ1) is 22.2. The highest BCUT2D eigenvalue weighted by atomic mass is 16.5. The van der Waals surface area contributed by atoms with Crippen molar-refractivity contribution >= 4 is 23.2 Å². The van der Waals surface area contributed by atoms with E-state index in [1.54, 1.807) is 31.4 Å². The largest absolute Gasteiger partial charge is 0.494 e. The maximum atomic E-state index is 12.2. The number of nitrogens with one attached hydrogen (secondary N) is 3. The third-order valence-electron chi connectivity index (χ3n) is 3.98. The molecule has 0 unspecified atom stereocenters. The number of amides is 2. The van der Waals surface area contributed by atoms with Crippen LogP contribution in [-0.4, -0.2) is 45.2 Å². The van der Waals surface area contributed by atoms with Gasteiger partial charge in [0.1, 0.15) is 5.75 Å². The van der Waals surface area contributed by atoms with Crippen molar-refractivity contribution in [1.82, 2.24) is 5.32 Å². The van der Waals surface area contributed by atoms with Gasteiger partial charge in [-0.15, -0.1) is 0 Å². The minimum atomic E-state index is -0.188. The number of hydrogen-bond donors (Lipinski definition) is 3. The van der Waals surface area contributed by atoms with E-state index in [4.69, 9.17) is 9.47 Å². The summed E-state index contributed by atoms with van der Waals surface area (Å²) < 4.78 is 10.5. The van der Waals surface area contributed by atoms with Crippen molar-refractivity contribution in [2.45, 2.75) is 19.8 Å². The van der Waals surface area contributed by atoms with Crippen molar-refractivity contribution in [2.75, 3.05) is 44.0 Å². The molecule has 2 aromatic carbocycles. The van der Waals surface area contributed by atoms with E-state index in [1.807, 2.05) is 31.2 Å². The van der Waals surface area contributed by atoms with Crippen LogP contribution in [0.25, 0.3) is 0 Å². The number of carbonyl (C=O) groups excluding carboxylic acids is 2. The maximum absolute atomic E-state index is 12.2. The molecule has 29 heavy (non-hydrogen) atoms. The van der Waals surface area contributed by atoms with E-state index in [0.29, 0.717) is 36.7 Å². The lowest BCUT2D eigenvalue weighted by atomic mass is 10.2. The van der Waals surface area contributed by atoms with Gasteiger partial charge in [0.25, 0.3) is 5.91 Å². The number of methoxy groups -OCH3 is 1. The highest BCUT2D eigenvalue weighted by Gasteiger charge is 2.07. The minimum Gasteiger partial charge on any atom is -0.494 e. The van der Waals surface area contributed by atoms with Gasteiger partial charge in [-0.1, -0.05) is 19.1 Å². The molecular formula is C22H29N3O4. The van der Waals surface area contributed by atoms with Crippen LogP contribution in [0.2, 0.25) is 0 Å². The Morgan fingerprint density at radius 2 is 1.79 bits per heavy atom. The van der Waals surface area contributed by atoms with Gasteiger partial charge in [-0.2, -0.15) is 0 Å². The van der Waals surface area contributed by atoms with E-state index in [1.165, 1.54) is 0 Å². The number of benzene rings is 2. The molecule has 0 atom stereocenters. The lowest BCUT2D eigenvalue weighted by Gasteiger charge is -2.11. The van der Waals surface area contributed by atoms with Crippen LogP contribution in [0.3, 0.4) is 0 Å². The molecule has 0 saturated carbocycles. The van der Waals surface area contributed by atoms with Gasteiger partial charge >= 0.3 is 0 Å². The SMILES string of the molecule is CCCOc1cccc(NC(=O)CNc2cccc(C(=O)NCCCOC)c2)c1. The van der Waals surface area contributed by atoms with Crippen molar-refractivity contribution in [1.29, 1.82) is 0 Å². The standard InChI is InChI=1S/C22H29N3O4/c1-3-12-29-20-10-5-9-19(15-20)25-21(26)16-24-18-8-4-7-17(14-18)22(27)23-11-6-13-28-2/h4-5,7-10,14-15,24H,3,6,11-13,16H2,1-2H3,(H,23,27)(H,25,26). The second-order valence-electron chi connectivity index (χ2n) is 6.46. The van der Waals surface area contributed by atoms with Crippen LogP contribution in [0.1, 0.15) is 30.1 Å². The Bertz CT molecular complexity index is 795. The third-order valence-corrected chi connectivity index (χ3v) is 3.98. The maximum Gasteiger partial charge on any atom is 0.251 e. The van der Waals surface area contributed by atoms with E-state index in [2.05, 4.69) is 16.0 Å². The number of carbonyl (C=O) groups is 2. The molecular weight excluding hydrogens is 370 g/mol. The zero-order valence-corrected chi connectivity index (χ0v) is 17.0. The molecule has 7 heteroatoms. The Labute approximate surface area is 171 Å². The van der Waals surface area contributed by atoms with Crippen molar-refractivity contribution in [3.05, 3.63) is 54.1 Å². The van der Waals surface area contributed by atoms with Gasteiger partial charge in [-0.25, -0.2) is 0 Å². The molecule has 7 nitrogen and oxygen atoms in total. The average molecular weight is 399 g/mol. The Balaban J connectivity index is 1.83. The molecule has 0 bridgehead atoms. The zero-order valence-electron chi connectivity index (χ0n) is 17.0. The molecule has 2 amide bonds. The lowest BCUT2D eigenvalue weighted by molar-refractivity contribution is -0.114. The van der Waals surface area contributed by atoms with Crippen molar-refractivity contribution in [2.24, 2.45) is 0 Å². The lowest BCUT2D eigenvalue weighted by Crippen LogP contribution is -2.25.